The zero-order valence-corrected chi connectivity index (χ0v) is 24.6. The third-order valence-corrected chi connectivity index (χ3v) is 6.47. The molecule has 0 spiro atoms. The van der Waals surface area contributed by atoms with Gasteiger partial charge in [-0.25, -0.2) is 0 Å². The Kier molecular flexibility index (Phi) is 9.39. The van der Waals surface area contributed by atoms with E-state index in [0.717, 1.165) is 11.1 Å². The summed E-state index contributed by atoms with van der Waals surface area (Å²) < 4.78 is 11.4. The molecule has 2 amide bonds. The van der Waals surface area contributed by atoms with E-state index in [9.17, 15) is 9.59 Å². The number of rotatable bonds is 10. The highest BCUT2D eigenvalue weighted by Crippen LogP contribution is 2.36. The zero-order valence-electron chi connectivity index (χ0n) is 24.6. The van der Waals surface area contributed by atoms with Crippen LogP contribution in [0.5, 0.6) is 11.5 Å². The maximum Gasteiger partial charge on any atom is 0.259 e. The second-order valence-corrected chi connectivity index (χ2v) is 10.6. The molecule has 10 heteroatoms. The van der Waals surface area contributed by atoms with E-state index in [-0.39, 0.29) is 11.3 Å². The average Bonchev–Trinajstić information content (AvgIpc) is 2.97. The summed E-state index contributed by atoms with van der Waals surface area (Å²) in [6.07, 6.45) is 4.94. The number of pyridine rings is 2. The molecular weight excluding hydrogens is 534 g/mol. The Bertz CT molecular complexity index is 1550. The molecule has 3 N–H and O–H groups in total. The largest absolute Gasteiger partial charge is 0.494 e. The third kappa shape index (κ3) is 7.41. The van der Waals surface area contributed by atoms with E-state index in [1.807, 2.05) is 39.0 Å². The first kappa shape index (κ1) is 30.0. The molecule has 0 aliphatic rings. The van der Waals surface area contributed by atoms with E-state index >= 15 is 0 Å². The third-order valence-electron chi connectivity index (χ3n) is 6.47. The fourth-order valence-corrected chi connectivity index (χ4v) is 4.14. The Morgan fingerprint density at radius 2 is 1.52 bits per heavy atom. The molecule has 0 atom stereocenters. The molecule has 42 heavy (non-hydrogen) atoms. The Labute approximate surface area is 245 Å². The molecule has 0 bridgehead atoms. The molecule has 4 rings (SSSR count). The van der Waals surface area contributed by atoms with Gasteiger partial charge in [-0.1, -0.05) is 20.8 Å². The SMILES string of the molecule is CONc1cc(C(C)(C)C)cc(C(=O)Nc2cnc(C)c(C(=O)Nc3ccc(OCc4ccncc4)cc3)c2)c1OC. The Morgan fingerprint density at radius 1 is 0.857 bits per heavy atom. The minimum atomic E-state index is -0.420. The van der Waals surface area contributed by atoms with Gasteiger partial charge in [0.2, 0.25) is 0 Å². The van der Waals surface area contributed by atoms with Crippen LogP contribution in [-0.4, -0.2) is 36.0 Å². The van der Waals surface area contributed by atoms with Crippen molar-refractivity contribution in [3.8, 4) is 11.5 Å². The van der Waals surface area contributed by atoms with Crippen molar-refractivity contribution in [3.63, 3.8) is 0 Å². The predicted molar refractivity (Wildman–Crippen MR) is 162 cm³/mol. The number of amides is 2. The second kappa shape index (κ2) is 13.1. The lowest BCUT2D eigenvalue weighted by atomic mass is 9.85. The number of ether oxygens (including phenoxy) is 2. The number of anilines is 3. The van der Waals surface area contributed by atoms with Crippen molar-refractivity contribution in [3.05, 3.63) is 101 Å². The molecule has 0 fully saturated rings. The van der Waals surface area contributed by atoms with Crippen LogP contribution < -0.4 is 25.6 Å². The number of carbonyl (C=O) groups is 2. The summed E-state index contributed by atoms with van der Waals surface area (Å²) >= 11 is 0. The van der Waals surface area contributed by atoms with E-state index in [4.69, 9.17) is 14.3 Å². The summed E-state index contributed by atoms with van der Waals surface area (Å²) in [6, 6.07) is 16.1. The summed E-state index contributed by atoms with van der Waals surface area (Å²) in [6.45, 7) is 8.28. The van der Waals surface area contributed by atoms with Crippen molar-refractivity contribution >= 4 is 28.9 Å². The van der Waals surface area contributed by atoms with Gasteiger partial charge in [0.05, 0.1) is 42.9 Å². The van der Waals surface area contributed by atoms with Crippen LogP contribution in [0.3, 0.4) is 0 Å². The standard InChI is InChI=1S/C32H35N5O5/c1-20-26(30(38)35-23-7-9-25(10-8-23)42-19-21-11-13-33-14-12-21)17-24(18-34-20)36-31(39)27-15-22(32(2,3)4)16-28(37-41-6)29(27)40-5/h7-18,37H,19H2,1-6H3,(H,35,38)(H,36,39). The second-order valence-electron chi connectivity index (χ2n) is 10.6. The Hall–Kier alpha value is -4.96. The van der Waals surface area contributed by atoms with Crippen LogP contribution in [-0.2, 0) is 16.9 Å². The van der Waals surface area contributed by atoms with E-state index in [2.05, 4.69) is 26.1 Å². The molecule has 0 unspecified atom stereocenters. The van der Waals surface area contributed by atoms with Crippen molar-refractivity contribution in [1.29, 1.82) is 0 Å². The van der Waals surface area contributed by atoms with Gasteiger partial charge in [0, 0.05) is 18.1 Å². The highest BCUT2D eigenvalue weighted by atomic mass is 16.6. The lowest BCUT2D eigenvalue weighted by Gasteiger charge is -2.23. The van der Waals surface area contributed by atoms with Crippen LogP contribution in [0.15, 0.2) is 73.2 Å². The van der Waals surface area contributed by atoms with Gasteiger partial charge in [-0.2, -0.15) is 0 Å². The van der Waals surface area contributed by atoms with Crippen molar-refractivity contribution in [2.75, 3.05) is 30.3 Å². The first-order chi connectivity index (χ1) is 20.1. The van der Waals surface area contributed by atoms with Crippen molar-refractivity contribution in [2.45, 2.75) is 39.7 Å². The number of aryl methyl sites for hydroxylation is 1. The summed E-state index contributed by atoms with van der Waals surface area (Å²) in [5, 5.41) is 5.73. The molecule has 0 radical (unpaired) electrons. The molecule has 218 valence electrons. The molecule has 0 aliphatic carbocycles. The van der Waals surface area contributed by atoms with E-state index in [1.54, 1.807) is 55.7 Å². The first-order valence-electron chi connectivity index (χ1n) is 13.3. The van der Waals surface area contributed by atoms with Crippen molar-refractivity contribution in [2.24, 2.45) is 0 Å². The smallest absolute Gasteiger partial charge is 0.259 e. The Balaban J connectivity index is 1.49. The minimum absolute atomic E-state index is 0.244. The number of benzene rings is 2. The molecule has 0 aliphatic heterocycles. The number of nitrogens with one attached hydrogen (secondary N) is 3. The van der Waals surface area contributed by atoms with Crippen LogP contribution in [0.1, 0.15) is 58.3 Å². The Morgan fingerprint density at radius 3 is 2.17 bits per heavy atom. The molecule has 10 nitrogen and oxygen atoms in total. The fraction of sp³-hybridized carbons (Fsp3) is 0.250. The molecule has 2 aromatic heterocycles. The van der Waals surface area contributed by atoms with E-state index in [0.29, 0.717) is 52.0 Å². The molecule has 2 heterocycles. The average molecular weight is 570 g/mol. The zero-order chi connectivity index (χ0) is 30.3. The summed E-state index contributed by atoms with van der Waals surface area (Å²) in [7, 11) is 2.97. The van der Waals surface area contributed by atoms with Gasteiger partial charge in [-0.3, -0.25) is 29.9 Å². The van der Waals surface area contributed by atoms with Crippen LogP contribution in [0.4, 0.5) is 17.1 Å². The number of nitrogens with zero attached hydrogens (tertiary/aromatic N) is 2. The highest BCUT2D eigenvalue weighted by Gasteiger charge is 2.24. The van der Waals surface area contributed by atoms with Crippen molar-refractivity contribution in [1.82, 2.24) is 9.97 Å². The monoisotopic (exact) mass is 569 g/mol. The predicted octanol–water partition coefficient (Wildman–Crippen LogP) is 6.15. The molecular formula is C32H35N5O5. The van der Waals surface area contributed by atoms with Gasteiger partial charge in [0.1, 0.15) is 18.0 Å². The summed E-state index contributed by atoms with van der Waals surface area (Å²) in [5.74, 6) is 0.215. The van der Waals surface area contributed by atoms with Gasteiger partial charge in [0.15, 0.2) is 5.75 Å². The first-order valence-corrected chi connectivity index (χ1v) is 13.3. The van der Waals surface area contributed by atoms with Gasteiger partial charge in [-0.05, 0) is 78.1 Å². The summed E-state index contributed by atoms with van der Waals surface area (Å²) in [5.41, 5.74) is 7.08. The number of carbonyl (C=O) groups excluding carboxylic acids is 2. The number of aromatic nitrogens is 2. The van der Waals surface area contributed by atoms with Gasteiger partial charge < -0.3 is 20.1 Å². The topological polar surface area (TPSA) is 124 Å². The normalized spacial score (nSPS) is 11.0. The molecule has 2 aromatic carbocycles. The lowest BCUT2D eigenvalue weighted by molar-refractivity contribution is 0.101. The number of hydrogen-bond acceptors (Lipinski definition) is 8. The lowest BCUT2D eigenvalue weighted by Crippen LogP contribution is -2.19. The van der Waals surface area contributed by atoms with Gasteiger partial charge in [-0.15, -0.1) is 0 Å². The molecule has 0 saturated carbocycles. The van der Waals surface area contributed by atoms with E-state index < -0.39 is 5.91 Å². The maximum absolute atomic E-state index is 13.5. The summed E-state index contributed by atoms with van der Waals surface area (Å²) in [4.78, 5) is 40.1. The molecule has 0 saturated heterocycles. The van der Waals surface area contributed by atoms with Crippen LogP contribution in [0.2, 0.25) is 0 Å². The van der Waals surface area contributed by atoms with Crippen LogP contribution in [0, 0.1) is 6.92 Å². The quantitative estimate of drug-likeness (QED) is 0.194. The fourth-order valence-electron chi connectivity index (χ4n) is 4.14. The van der Waals surface area contributed by atoms with Gasteiger partial charge in [0.25, 0.3) is 11.8 Å². The number of methoxy groups -OCH3 is 1. The van der Waals surface area contributed by atoms with E-state index in [1.165, 1.54) is 20.4 Å². The van der Waals surface area contributed by atoms with Crippen LogP contribution in [0.25, 0.3) is 0 Å². The minimum Gasteiger partial charge on any atom is -0.494 e. The van der Waals surface area contributed by atoms with Gasteiger partial charge >= 0.3 is 0 Å². The van der Waals surface area contributed by atoms with Crippen LogP contribution >= 0.6 is 0 Å². The molecule has 4 aromatic rings. The highest BCUT2D eigenvalue weighted by molar-refractivity contribution is 6.09. The van der Waals surface area contributed by atoms with Crippen molar-refractivity contribution < 1.29 is 23.9 Å². The number of hydrogen-bond donors (Lipinski definition) is 3. The maximum atomic E-state index is 13.5.